The number of nitrogens with one attached hydrogen (secondary N) is 1. The minimum atomic E-state index is -0.226. The molecule has 24 heavy (non-hydrogen) atoms. The fourth-order valence-corrected chi connectivity index (χ4v) is 2.45. The monoisotopic (exact) mass is 322 g/mol. The van der Waals surface area contributed by atoms with Crippen LogP contribution in [0.1, 0.15) is 21.5 Å². The molecule has 0 aliphatic heterocycles. The summed E-state index contributed by atoms with van der Waals surface area (Å²) in [5.74, 6) is -0.151. The quantitative estimate of drug-likeness (QED) is 0.780. The largest absolute Gasteiger partial charge is 0.337 e. The number of aromatic nitrogens is 3. The molecule has 3 aromatic rings. The Bertz CT molecular complexity index is 863. The number of carbonyl (C=O) groups is 1. The first-order valence-corrected chi connectivity index (χ1v) is 7.61. The van der Waals surface area contributed by atoms with Crippen LogP contribution in [0, 0.1) is 0 Å². The van der Waals surface area contributed by atoms with E-state index < -0.39 is 0 Å². The second-order valence-corrected chi connectivity index (χ2v) is 5.63. The maximum Gasteiger partial charge on any atom is 0.255 e. The van der Waals surface area contributed by atoms with Gasteiger partial charge in [-0.25, -0.2) is 0 Å². The van der Waals surface area contributed by atoms with Gasteiger partial charge >= 0.3 is 0 Å². The SMILES string of the molecule is CN(Cc1cnn(Cc2ccccc2)c1)C(=O)c1ccc(=O)[nH]c1. The summed E-state index contributed by atoms with van der Waals surface area (Å²) in [4.78, 5) is 27.5. The molecule has 3 rings (SSSR count). The van der Waals surface area contributed by atoms with Gasteiger partial charge < -0.3 is 9.88 Å². The van der Waals surface area contributed by atoms with Crippen molar-refractivity contribution in [2.24, 2.45) is 0 Å². The molecule has 0 bridgehead atoms. The minimum Gasteiger partial charge on any atom is -0.337 e. The Morgan fingerprint density at radius 1 is 1.17 bits per heavy atom. The molecule has 0 saturated heterocycles. The van der Waals surface area contributed by atoms with Gasteiger partial charge in [-0.2, -0.15) is 5.10 Å². The number of hydrogen-bond donors (Lipinski definition) is 1. The fraction of sp³-hybridized carbons (Fsp3) is 0.167. The van der Waals surface area contributed by atoms with Crippen molar-refractivity contribution in [3.05, 3.63) is 88.1 Å². The number of amides is 1. The first kappa shape index (κ1) is 15.7. The summed E-state index contributed by atoms with van der Waals surface area (Å²) in [7, 11) is 1.72. The predicted octanol–water partition coefficient (Wildman–Crippen LogP) is 1.89. The minimum absolute atomic E-state index is 0.151. The van der Waals surface area contributed by atoms with Crippen molar-refractivity contribution in [1.29, 1.82) is 0 Å². The van der Waals surface area contributed by atoms with E-state index in [0.717, 1.165) is 5.56 Å². The molecule has 2 aromatic heterocycles. The van der Waals surface area contributed by atoms with Crippen LogP contribution in [0.5, 0.6) is 0 Å². The van der Waals surface area contributed by atoms with E-state index in [1.807, 2.05) is 41.2 Å². The highest BCUT2D eigenvalue weighted by atomic mass is 16.2. The first-order chi connectivity index (χ1) is 11.6. The molecule has 0 aliphatic carbocycles. The molecule has 122 valence electrons. The Balaban J connectivity index is 1.64. The van der Waals surface area contributed by atoms with Crippen LogP contribution in [0.25, 0.3) is 0 Å². The Hall–Kier alpha value is -3.15. The average molecular weight is 322 g/mol. The van der Waals surface area contributed by atoms with E-state index in [1.54, 1.807) is 18.1 Å². The lowest BCUT2D eigenvalue weighted by Gasteiger charge is -2.15. The van der Waals surface area contributed by atoms with Gasteiger partial charge in [-0.3, -0.25) is 14.3 Å². The van der Waals surface area contributed by atoms with E-state index in [4.69, 9.17) is 0 Å². The smallest absolute Gasteiger partial charge is 0.255 e. The average Bonchev–Trinajstić information content (AvgIpc) is 3.02. The summed E-state index contributed by atoms with van der Waals surface area (Å²) >= 11 is 0. The van der Waals surface area contributed by atoms with Gasteiger partial charge in [-0.05, 0) is 11.6 Å². The van der Waals surface area contributed by atoms with Crippen molar-refractivity contribution < 1.29 is 4.79 Å². The van der Waals surface area contributed by atoms with E-state index in [0.29, 0.717) is 18.7 Å². The van der Waals surface area contributed by atoms with Crippen molar-refractivity contribution in [3.63, 3.8) is 0 Å². The van der Waals surface area contributed by atoms with Crippen LogP contribution in [0.2, 0.25) is 0 Å². The molecule has 1 N–H and O–H groups in total. The van der Waals surface area contributed by atoms with Crippen LogP contribution in [0.4, 0.5) is 0 Å². The molecule has 0 atom stereocenters. The van der Waals surface area contributed by atoms with E-state index in [2.05, 4.69) is 10.1 Å². The number of H-pyrrole nitrogens is 1. The fourth-order valence-electron chi connectivity index (χ4n) is 2.45. The Morgan fingerprint density at radius 3 is 2.67 bits per heavy atom. The molecule has 0 spiro atoms. The van der Waals surface area contributed by atoms with Crippen LogP contribution < -0.4 is 5.56 Å². The summed E-state index contributed by atoms with van der Waals surface area (Å²) in [6.07, 6.45) is 5.13. The van der Waals surface area contributed by atoms with E-state index in [9.17, 15) is 9.59 Å². The zero-order valence-electron chi connectivity index (χ0n) is 13.3. The lowest BCUT2D eigenvalue weighted by atomic mass is 10.2. The number of rotatable bonds is 5. The zero-order valence-corrected chi connectivity index (χ0v) is 13.3. The Morgan fingerprint density at radius 2 is 1.96 bits per heavy atom. The number of pyridine rings is 1. The Labute approximate surface area is 139 Å². The van der Waals surface area contributed by atoms with Gasteiger partial charge in [-0.15, -0.1) is 0 Å². The summed E-state index contributed by atoms with van der Waals surface area (Å²) < 4.78 is 1.85. The van der Waals surface area contributed by atoms with Crippen LogP contribution in [-0.4, -0.2) is 32.6 Å². The van der Waals surface area contributed by atoms with Gasteiger partial charge in [0.25, 0.3) is 5.91 Å². The highest BCUT2D eigenvalue weighted by molar-refractivity contribution is 5.93. The van der Waals surface area contributed by atoms with Crippen LogP contribution in [0.15, 0.2) is 65.8 Å². The predicted molar refractivity (Wildman–Crippen MR) is 90.6 cm³/mol. The van der Waals surface area contributed by atoms with E-state index in [1.165, 1.54) is 23.9 Å². The second kappa shape index (κ2) is 6.95. The number of aromatic amines is 1. The van der Waals surface area contributed by atoms with Gasteiger partial charge in [0.1, 0.15) is 0 Å². The van der Waals surface area contributed by atoms with Gasteiger partial charge in [-0.1, -0.05) is 30.3 Å². The van der Waals surface area contributed by atoms with Gasteiger partial charge in [0, 0.05) is 37.6 Å². The highest BCUT2D eigenvalue weighted by Crippen LogP contribution is 2.08. The van der Waals surface area contributed by atoms with Crippen LogP contribution in [-0.2, 0) is 13.1 Å². The third-order valence-corrected chi connectivity index (χ3v) is 3.67. The summed E-state index contributed by atoms with van der Waals surface area (Å²) in [5.41, 5.74) is 2.35. The van der Waals surface area contributed by atoms with Gasteiger partial charge in [0.05, 0.1) is 18.3 Å². The van der Waals surface area contributed by atoms with Crippen LogP contribution >= 0.6 is 0 Å². The third-order valence-electron chi connectivity index (χ3n) is 3.67. The lowest BCUT2D eigenvalue weighted by molar-refractivity contribution is 0.0784. The number of carbonyl (C=O) groups excluding carboxylic acids is 1. The molecule has 6 heteroatoms. The van der Waals surface area contributed by atoms with Crippen molar-refractivity contribution in [3.8, 4) is 0 Å². The van der Waals surface area contributed by atoms with E-state index >= 15 is 0 Å². The maximum absolute atomic E-state index is 12.3. The molecular weight excluding hydrogens is 304 g/mol. The summed E-state index contributed by atoms with van der Waals surface area (Å²) in [6, 6.07) is 12.9. The maximum atomic E-state index is 12.3. The molecule has 1 amide bonds. The van der Waals surface area contributed by atoms with Crippen molar-refractivity contribution in [2.75, 3.05) is 7.05 Å². The first-order valence-electron chi connectivity index (χ1n) is 7.61. The normalized spacial score (nSPS) is 10.5. The molecule has 0 fully saturated rings. The molecule has 0 unspecified atom stereocenters. The van der Waals surface area contributed by atoms with Crippen molar-refractivity contribution >= 4 is 5.91 Å². The number of benzene rings is 1. The topological polar surface area (TPSA) is 71.0 Å². The van der Waals surface area contributed by atoms with Crippen LogP contribution in [0.3, 0.4) is 0 Å². The zero-order chi connectivity index (χ0) is 16.9. The summed E-state index contributed by atoms with van der Waals surface area (Å²) in [6.45, 7) is 1.14. The molecule has 2 heterocycles. The van der Waals surface area contributed by atoms with Crippen molar-refractivity contribution in [1.82, 2.24) is 19.7 Å². The molecule has 0 aliphatic rings. The van der Waals surface area contributed by atoms with Gasteiger partial charge in [0.2, 0.25) is 5.56 Å². The molecule has 1 aromatic carbocycles. The highest BCUT2D eigenvalue weighted by Gasteiger charge is 2.13. The molecular formula is C18H18N4O2. The molecule has 0 saturated carbocycles. The molecule has 6 nitrogen and oxygen atoms in total. The molecule has 0 radical (unpaired) electrons. The summed E-state index contributed by atoms with van der Waals surface area (Å²) in [5, 5.41) is 4.34. The van der Waals surface area contributed by atoms with Gasteiger partial charge in [0.15, 0.2) is 0 Å². The van der Waals surface area contributed by atoms with Crippen molar-refractivity contribution in [2.45, 2.75) is 13.1 Å². The second-order valence-electron chi connectivity index (χ2n) is 5.63. The Kier molecular flexibility index (Phi) is 4.56. The number of nitrogens with zero attached hydrogens (tertiary/aromatic N) is 3. The van der Waals surface area contributed by atoms with E-state index in [-0.39, 0.29) is 11.5 Å². The lowest BCUT2D eigenvalue weighted by Crippen LogP contribution is -2.26. The third kappa shape index (κ3) is 3.78. The standard InChI is InChI=1S/C18H18N4O2/c1-21(18(24)16-7-8-17(23)19-10-16)11-15-9-20-22(13-15)12-14-5-3-2-4-6-14/h2-10,13H,11-12H2,1H3,(H,19,23). The number of hydrogen-bond acceptors (Lipinski definition) is 3.